The van der Waals surface area contributed by atoms with Crippen molar-refractivity contribution >= 4 is 17.4 Å². The number of nitrogens with zero attached hydrogens (tertiary/aromatic N) is 2. The van der Waals surface area contributed by atoms with Crippen molar-refractivity contribution in [2.24, 2.45) is 38.9 Å². The Morgan fingerprint density at radius 3 is 2.61 bits per heavy atom. The quantitative estimate of drug-likeness (QED) is 0.234. The molecule has 172 valence electrons. The van der Waals surface area contributed by atoms with E-state index in [0.717, 1.165) is 25.7 Å². The van der Waals surface area contributed by atoms with Crippen molar-refractivity contribution in [1.29, 1.82) is 0 Å². The molecular weight excluding hydrogens is 400 g/mol. The Bertz CT molecular complexity index is 853. The first-order valence-electron chi connectivity index (χ1n) is 11.3. The second-order valence-corrected chi connectivity index (χ2v) is 10.4. The Morgan fingerprint density at radius 2 is 1.97 bits per heavy atom. The molecule has 3 saturated carbocycles. The number of ether oxygens (including phenoxy) is 1. The van der Waals surface area contributed by atoms with Crippen LogP contribution in [0.5, 0.6) is 0 Å². The number of hydrogen-bond acceptors (Lipinski definition) is 8. The number of aliphatic hydroxyl groups excluding tert-OH is 1. The van der Waals surface area contributed by atoms with Crippen LogP contribution >= 0.6 is 0 Å². The summed E-state index contributed by atoms with van der Waals surface area (Å²) < 4.78 is 5.05. The number of carbonyl (C=O) groups is 1. The smallest absolute Gasteiger partial charge is 0.303 e. The molecule has 0 heterocycles. The minimum absolute atomic E-state index is 0.0578. The van der Waals surface area contributed by atoms with Gasteiger partial charge in [-0.15, -0.1) is 0 Å². The molecule has 8 nitrogen and oxygen atoms in total. The number of aliphatic hydroxyl groups is 2. The van der Waals surface area contributed by atoms with Crippen molar-refractivity contribution in [3.63, 3.8) is 0 Å². The third-order valence-electron chi connectivity index (χ3n) is 9.20. The van der Waals surface area contributed by atoms with Gasteiger partial charge in [-0.1, -0.05) is 29.7 Å². The van der Waals surface area contributed by atoms with Gasteiger partial charge in [-0.2, -0.15) is 0 Å². The molecule has 4 aliphatic rings. The maximum absolute atomic E-state index is 11.7. The highest BCUT2D eigenvalue weighted by Gasteiger charge is 2.67. The zero-order valence-electron chi connectivity index (χ0n) is 18.5. The van der Waals surface area contributed by atoms with Crippen LogP contribution in [0.1, 0.15) is 65.7 Å². The third-order valence-corrected chi connectivity index (χ3v) is 9.20. The molecule has 4 rings (SSSR count). The summed E-state index contributed by atoms with van der Waals surface area (Å²) in [6.07, 6.45) is 6.23. The van der Waals surface area contributed by atoms with E-state index in [0.29, 0.717) is 25.0 Å². The van der Waals surface area contributed by atoms with Gasteiger partial charge in [0, 0.05) is 12.3 Å². The SMILES string of the molecule is CC(=O)OC/C(=N\O)[C@@]1(O)CC[C@H]2[C@@H]3CCC4=C/C(=N/O)CC[C@]4(C)[C@H]3[C@@H](O)C[C@@]21C. The monoisotopic (exact) mass is 434 g/mol. The highest BCUT2D eigenvalue weighted by atomic mass is 16.5. The Hall–Kier alpha value is -1.93. The third kappa shape index (κ3) is 3.13. The van der Waals surface area contributed by atoms with Crippen molar-refractivity contribution in [3.05, 3.63) is 11.6 Å². The molecule has 0 amide bonds. The largest absolute Gasteiger partial charge is 0.459 e. The normalized spacial score (nSPS) is 46.0. The Morgan fingerprint density at radius 1 is 1.23 bits per heavy atom. The molecule has 3 fully saturated rings. The zero-order chi connectivity index (χ0) is 22.6. The van der Waals surface area contributed by atoms with Crippen molar-refractivity contribution < 1.29 is 30.2 Å². The van der Waals surface area contributed by atoms with Crippen molar-refractivity contribution in [3.8, 4) is 0 Å². The molecule has 4 aliphatic carbocycles. The lowest BCUT2D eigenvalue weighted by Crippen LogP contribution is -2.62. The average Bonchev–Trinajstić information content (AvgIpc) is 2.98. The van der Waals surface area contributed by atoms with Gasteiger partial charge >= 0.3 is 5.97 Å². The summed E-state index contributed by atoms with van der Waals surface area (Å²) in [6, 6.07) is 0. The molecule has 0 bridgehead atoms. The summed E-state index contributed by atoms with van der Waals surface area (Å²) in [6.45, 7) is 5.22. The van der Waals surface area contributed by atoms with Gasteiger partial charge in [0.05, 0.1) is 11.8 Å². The average molecular weight is 435 g/mol. The van der Waals surface area contributed by atoms with Crippen LogP contribution in [0.15, 0.2) is 22.0 Å². The van der Waals surface area contributed by atoms with E-state index in [-0.39, 0.29) is 35.5 Å². The lowest BCUT2D eigenvalue weighted by Gasteiger charge is -2.60. The minimum atomic E-state index is -1.44. The predicted molar refractivity (Wildman–Crippen MR) is 113 cm³/mol. The van der Waals surface area contributed by atoms with Gasteiger partial charge in [-0.05, 0) is 74.2 Å². The molecule has 0 aromatic rings. The fraction of sp³-hybridized carbons (Fsp3) is 0.783. The van der Waals surface area contributed by atoms with Gasteiger partial charge in [0.15, 0.2) is 0 Å². The molecule has 0 aliphatic heterocycles. The second kappa shape index (κ2) is 7.59. The topological polar surface area (TPSA) is 132 Å². The molecule has 4 N–H and O–H groups in total. The van der Waals surface area contributed by atoms with Crippen molar-refractivity contribution in [2.75, 3.05) is 6.61 Å². The number of carbonyl (C=O) groups excluding carboxylic acids is 1. The maximum Gasteiger partial charge on any atom is 0.303 e. The van der Waals surface area contributed by atoms with E-state index in [1.165, 1.54) is 12.5 Å². The number of allylic oxidation sites excluding steroid dienone is 2. The summed E-state index contributed by atoms with van der Waals surface area (Å²) in [5.41, 5.74) is -0.276. The highest BCUT2D eigenvalue weighted by molar-refractivity contribution is 5.96. The van der Waals surface area contributed by atoms with Crippen LogP contribution in [0.25, 0.3) is 0 Å². The Labute approximate surface area is 182 Å². The highest BCUT2D eigenvalue weighted by Crippen LogP contribution is 2.67. The number of esters is 1. The molecule has 0 unspecified atom stereocenters. The van der Waals surface area contributed by atoms with E-state index in [1.807, 2.05) is 13.0 Å². The number of oxime groups is 2. The number of fused-ring (bicyclic) bond motifs is 5. The van der Waals surface area contributed by atoms with E-state index in [4.69, 9.17) is 4.74 Å². The molecular formula is C23H34N2O6. The van der Waals surface area contributed by atoms with E-state index < -0.39 is 23.1 Å². The first kappa shape index (κ1) is 22.3. The van der Waals surface area contributed by atoms with Gasteiger partial charge in [0.1, 0.15) is 17.9 Å². The van der Waals surface area contributed by atoms with E-state index in [9.17, 15) is 25.4 Å². The van der Waals surface area contributed by atoms with Crippen LogP contribution in [0, 0.1) is 28.6 Å². The molecule has 7 atom stereocenters. The number of hydrogen-bond donors (Lipinski definition) is 4. The van der Waals surface area contributed by atoms with Crippen LogP contribution in [0.4, 0.5) is 0 Å². The summed E-state index contributed by atoms with van der Waals surface area (Å²) in [7, 11) is 0. The van der Waals surface area contributed by atoms with Gasteiger partial charge < -0.3 is 25.4 Å². The molecule has 0 radical (unpaired) electrons. The van der Waals surface area contributed by atoms with E-state index in [1.54, 1.807) is 0 Å². The van der Waals surface area contributed by atoms with Crippen molar-refractivity contribution in [2.45, 2.75) is 77.4 Å². The molecule has 0 spiro atoms. The number of rotatable bonds is 3. The molecule has 8 heteroatoms. The van der Waals surface area contributed by atoms with Gasteiger partial charge in [-0.3, -0.25) is 4.79 Å². The Kier molecular flexibility index (Phi) is 5.45. The molecule has 31 heavy (non-hydrogen) atoms. The molecule has 0 aromatic carbocycles. The van der Waals surface area contributed by atoms with Gasteiger partial charge in [0.2, 0.25) is 0 Å². The fourth-order valence-electron chi connectivity index (χ4n) is 7.66. The second-order valence-electron chi connectivity index (χ2n) is 10.4. The van der Waals surface area contributed by atoms with Gasteiger partial charge in [0.25, 0.3) is 0 Å². The molecule has 0 saturated heterocycles. The zero-order valence-corrected chi connectivity index (χ0v) is 18.5. The minimum Gasteiger partial charge on any atom is -0.459 e. The first-order valence-corrected chi connectivity index (χ1v) is 11.3. The maximum atomic E-state index is 11.7. The predicted octanol–water partition coefficient (Wildman–Crippen LogP) is 2.87. The van der Waals surface area contributed by atoms with Crippen LogP contribution in [-0.2, 0) is 9.53 Å². The lowest BCUT2D eigenvalue weighted by molar-refractivity contribution is -0.153. The lowest BCUT2D eigenvalue weighted by atomic mass is 9.45. The van der Waals surface area contributed by atoms with Crippen molar-refractivity contribution in [1.82, 2.24) is 0 Å². The van der Waals surface area contributed by atoms with Crippen LogP contribution < -0.4 is 0 Å². The summed E-state index contributed by atoms with van der Waals surface area (Å²) in [5.74, 6) is -0.0515. The van der Waals surface area contributed by atoms with Crippen LogP contribution in [-0.4, -0.2) is 56.3 Å². The van der Waals surface area contributed by atoms with E-state index in [2.05, 4.69) is 17.2 Å². The fourth-order valence-corrected chi connectivity index (χ4v) is 7.66. The van der Waals surface area contributed by atoms with Crippen LogP contribution in [0.2, 0.25) is 0 Å². The summed E-state index contributed by atoms with van der Waals surface area (Å²) in [4.78, 5) is 11.3. The molecule has 0 aromatic heterocycles. The van der Waals surface area contributed by atoms with Gasteiger partial charge in [-0.25, -0.2) is 0 Å². The van der Waals surface area contributed by atoms with E-state index >= 15 is 0 Å². The summed E-state index contributed by atoms with van der Waals surface area (Å²) in [5, 5.41) is 48.8. The van der Waals surface area contributed by atoms with Crippen LogP contribution in [0.3, 0.4) is 0 Å². The first-order chi connectivity index (χ1) is 14.6. The Balaban J connectivity index is 1.67. The standard InChI is InChI=1S/C23H34N2O6/c1-13(26)31-12-19(25-30)23(28)9-7-17-16-5-4-14-10-15(24-29)6-8-21(14,2)20(16)18(27)11-22(17,23)3/h10,16-18,20,27-30H,4-9,11-12H2,1-3H3/b24-15+,25-19+/t16-,17-,18-,20+,21-,22-,23-/m0/s1. The summed E-state index contributed by atoms with van der Waals surface area (Å²) >= 11 is 0.